The molecule has 0 radical (unpaired) electrons. The second kappa shape index (κ2) is 7.45. The van der Waals surface area contributed by atoms with Crippen LogP contribution < -0.4 is 0 Å². The molecular formula is C25H23N. The molecule has 0 unspecified atom stereocenters. The molecule has 1 heterocycles. The van der Waals surface area contributed by atoms with Crippen LogP contribution in [0.25, 0.3) is 33.6 Å². The third kappa shape index (κ3) is 3.09. The number of hydrogen-bond donors (Lipinski definition) is 0. The number of benzene rings is 3. The molecule has 0 saturated carbocycles. The van der Waals surface area contributed by atoms with E-state index in [1.54, 1.807) is 0 Å². The smallest absolute Gasteiger partial charge is 0.0564 e. The standard InChI is InChI=1S/C25H23N/c1-2-18-26-24(21-14-8-4-9-15-21)19-23(20-12-6-3-7-13-20)25(26)22-16-10-5-11-17-22/h3-17,19H,2,18H2,1H3. The van der Waals surface area contributed by atoms with Gasteiger partial charge >= 0.3 is 0 Å². The Kier molecular flexibility index (Phi) is 4.70. The Labute approximate surface area is 155 Å². The van der Waals surface area contributed by atoms with Crippen molar-refractivity contribution in [1.29, 1.82) is 0 Å². The summed E-state index contributed by atoms with van der Waals surface area (Å²) in [5.74, 6) is 0. The van der Waals surface area contributed by atoms with Crippen LogP contribution in [0.1, 0.15) is 13.3 Å². The fourth-order valence-electron chi connectivity index (χ4n) is 3.60. The molecule has 0 saturated heterocycles. The average Bonchev–Trinajstić information content (AvgIpc) is 3.10. The number of nitrogens with zero attached hydrogens (tertiary/aromatic N) is 1. The van der Waals surface area contributed by atoms with Crippen molar-refractivity contribution in [2.24, 2.45) is 0 Å². The lowest BCUT2D eigenvalue weighted by atomic mass is 10.0. The van der Waals surface area contributed by atoms with Crippen molar-refractivity contribution >= 4 is 0 Å². The summed E-state index contributed by atoms with van der Waals surface area (Å²) in [6, 6.07) is 34.5. The first-order valence-electron chi connectivity index (χ1n) is 9.28. The fraction of sp³-hybridized carbons (Fsp3) is 0.120. The molecule has 0 fully saturated rings. The highest BCUT2D eigenvalue weighted by molar-refractivity contribution is 5.86. The zero-order valence-electron chi connectivity index (χ0n) is 15.1. The Balaban J connectivity index is 2.02. The van der Waals surface area contributed by atoms with Gasteiger partial charge in [0, 0.05) is 17.8 Å². The van der Waals surface area contributed by atoms with E-state index in [0.717, 1.165) is 13.0 Å². The molecule has 0 aliphatic carbocycles. The highest BCUT2D eigenvalue weighted by atomic mass is 15.0. The first kappa shape index (κ1) is 16.4. The molecule has 1 nitrogen and oxygen atoms in total. The Morgan fingerprint density at radius 3 is 1.65 bits per heavy atom. The summed E-state index contributed by atoms with van der Waals surface area (Å²) in [4.78, 5) is 0. The lowest BCUT2D eigenvalue weighted by molar-refractivity contribution is 0.695. The zero-order chi connectivity index (χ0) is 17.8. The van der Waals surface area contributed by atoms with Gasteiger partial charge in [0.25, 0.3) is 0 Å². The number of aromatic nitrogens is 1. The van der Waals surface area contributed by atoms with Crippen molar-refractivity contribution in [2.75, 3.05) is 0 Å². The molecule has 1 aromatic heterocycles. The minimum atomic E-state index is 1.00. The second-order valence-electron chi connectivity index (χ2n) is 6.54. The van der Waals surface area contributed by atoms with Gasteiger partial charge in [0.15, 0.2) is 0 Å². The number of hydrogen-bond acceptors (Lipinski definition) is 0. The van der Waals surface area contributed by atoms with E-state index in [9.17, 15) is 0 Å². The molecule has 4 aromatic rings. The van der Waals surface area contributed by atoms with Crippen molar-refractivity contribution in [3.63, 3.8) is 0 Å². The average molecular weight is 337 g/mol. The largest absolute Gasteiger partial charge is 0.340 e. The van der Waals surface area contributed by atoms with Gasteiger partial charge < -0.3 is 4.57 Å². The van der Waals surface area contributed by atoms with Gasteiger partial charge in [0.2, 0.25) is 0 Å². The van der Waals surface area contributed by atoms with Gasteiger partial charge in [-0.25, -0.2) is 0 Å². The van der Waals surface area contributed by atoms with Crippen molar-refractivity contribution in [1.82, 2.24) is 4.57 Å². The molecule has 0 atom stereocenters. The molecule has 0 spiro atoms. The van der Waals surface area contributed by atoms with Gasteiger partial charge in [-0.3, -0.25) is 0 Å². The topological polar surface area (TPSA) is 4.93 Å². The van der Waals surface area contributed by atoms with E-state index in [-0.39, 0.29) is 0 Å². The molecule has 128 valence electrons. The molecule has 26 heavy (non-hydrogen) atoms. The lowest BCUT2D eigenvalue weighted by Crippen LogP contribution is -2.02. The van der Waals surface area contributed by atoms with E-state index in [2.05, 4.69) is 109 Å². The van der Waals surface area contributed by atoms with E-state index < -0.39 is 0 Å². The maximum absolute atomic E-state index is 2.48. The Bertz CT molecular complexity index is 967. The van der Waals surface area contributed by atoms with E-state index in [4.69, 9.17) is 0 Å². The minimum Gasteiger partial charge on any atom is -0.340 e. The molecule has 4 rings (SSSR count). The van der Waals surface area contributed by atoms with Gasteiger partial charge in [-0.05, 0) is 29.2 Å². The third-order valence-corrected chi connectivity index (χ3v) is 4.75. The molecule has 3 aromatic carbocycles. The predicted molar refractivity (Wildman–Crippen MR) is 111 cm³/mol. The molecule has 0 N–H and O–H groups in total. The van der Waals surface area contributed by atoms with E-state index >= 15 is 0 Å². The molecular weight excluding hydrogens is 314 g/mol. The monoisotopic (exact) mass is 337 g/mol. The van der Waals surface area contributed by atoms with Crippen molar-refractivity contribution < 1.29 is 0 Å². The van der Waals surface area contributed by atoms with Crippen LogP contribution in [0, 0.1) is 0 Å². The van der Waals surface area contributed by atoms with E-state index in [0.29, 0.717) is 0 Å². The number of rotatable bonds is 5. The summed E-state index contributed by atoms with van der Waals surface area (Å²) in [7, 11) is 0. The lowest BCUT2D eigenvalue weighted by Gasteiger charge is -2.14. The van der Waals surface area contributed by atoms with Gasteiger partial charge in [0.1, 0.15) is 0 Å². The van der Waals surface area contributed by atoms with Crippen LogP contribution in [0.3, 0.4) is 0 Å². The molecule has 0 bridgehead atoms. The Morgan fingerprint density at radius 1 is 0.615 bits per heavy atom. The summed E-state index contributed by atoms with van der Waals surface area (Å²) in [5, 5.41) is 0. The summed E-state index contributed by atoms with van der Waals surface area (Å²) < 4.78 is 2.48. The molecule has 1 heteroatoms. The SMILES string of the molecule is CCCn1c(-c2ccccc2)cc(-c2ccccc2)c1-c1ccccc1. The predicted octanol–water partition coefficient (Wildman–Crippen LogP) is 6.90. The Hall–Kier alpha value is -3.06. The van der Waals surface area contributed by atoms with Crippen LogP contribution in [0.5, 0.6) is 0 Å². The van der Waals surface area contributed by atoms with Crippen molar-refractivity contribution in [3.05, 3.63) is 97.1 Å². The first-order valence-corrected chi connectivity index (χ1v) is 9.28. The van der Waals surface area contributed by atoms with Crippen LogP contribution in [-0.4, -0.2) is 4.57 Å². The van der Waals surface area contributed by atoms with Crippen LogP contribution in [0.2, 0.25) is 0 Å². The molecule has 0 aliphatic rings. The summed E-state index contributed by atoms with van der Waals surface area (Å²) >= 11 is 0. The second-order valence-corrected chi connectivity index (χ2v) is 6.54. The fourth-order valence-corrected chi connectivity index (χ4v) is 3.60. The van der Waals surface area contributed by atoms with Crippen LogP contribution in [0.4, 0.5) is 0 Å². The first-order chi connectivity index (χ1) is 12.9. The van der Waals surface area contributed by atoms with E-state index in [1.165, 1.54) is 33.6 Å². The van der Waals surface area contributed by atoms with Crippen molar-refractivity contribution in [2.45, 2.75) is 19.9 Å². The molecule has 0 aliphatic heterocycles. The van der Waals surface area contributed by atoms with Gasteiger partial charge in [-0.15, -0.1) is 0 Å². The van der Waals surface area contributed by atoms with Crippen molar-refractivity contribution in [3.8, 4) is 33.6 Å². The van der Waals surface area contributed by atoms with Gasteiger partial charge in [-0.1, -0.05) is 97.9 Å². The summed E-state index contributed by atoms with van der Waals surface area (Å²) in [5.41, 5.74) is 7.67. The summed E-state index contributed by atoms with van der Waals surface area (Å²) in [6.07, 6.45) is 1.10. The zero-order valence-corrected chi connectivity index (χ0v) is 15.1. The van der Waals surface area contributed by atoms with Gasteiger partial charge in [-0.2, -0.15) is 0 Å². The van der Waals surface area contributed by atoms with E-state index in [1.807, 2.05) is 0 Å². The highest BCUT2D eigenvalue weighted by Gasteiger charge is 2.18. The molecule has 0 amide bonds. The summed E-state index contributed by atoms with van der Waals surface area (Å²) in [6.45, 7) is 3.24. The third-order valence-electron chi connectivity index (χ3n) is 4.75. The highest BCUT2D eigenvalue weighted by Crippen LogP contribution is 2.39. The van der Waals surface area contributed by atoms with Crippen LogP contribution in [0.15, 0.2) is 97.1 Å². The van der Waals surface area contributed by atoms with Crippen LogP contribution >= 0.6 is 0 Å². The maximum atomic E-state index is 2.48. The minimum absolute atomic E-state index is 1.00. The normalized spacial score (nSPS) is 10.8. The maximum Gasteiger partial charge on any atom is 0.0564 e. The van der Waals surface area contributed by atoms with Crippen LogP contribution in [-0.2, 0) is 6.54 Å². The Morgan fingerprint density at radius 2 is 1.12 bits per heavy atom. The van der Waals surface area contributed by atoms with Gasteiger partial charge in [0.05, 0.1) is 5.69 Å². The quantitative estimate of drug-likeness (QED) is 0.373.